The maximum Gasteiger partial charge on any atom is 0.416 e. The number of hydrogen-bond donors (Lipinski definition) is 1. The van der Waals surface area contributed by atoms with Crippen LogP contribution in [-0.2, 0) is 11.0 Å². The van der Waals surface area contributed by atoms with Crippen molar-refractivity contribution in [1.29, 1.82) is 0 Å². The van der Waals surface area contributed by atoms with Gasteiger partial charge in [0.1, 0.15) is 11.6 Å². The maximum atomic E-state index is 13.0. The van der Waals surface area contributed by atoms with Crippen LogP contribution in [0.2, 0.25) is 0 Å². The Labute approximate surface area is 222 Å². The number of anilines is 1. The van der Waals surface area contributed by atoms with Gasteiger partial charge >= 0.3 is 6.18 Å². The van der Waals surface area contributed by atoms with Gasteiger partial charge in [-0.1, -0.05) is 18.7 Å². The molecule has 0 saturated carbocycles. The topological polar surface area (TPSA) is 92.5 Å². The van der Waals surface area contributed by atoms with E-state index in [0.717, 1.165) is 60.2 Å². The Morgan fingerprint density at radius 2 is 1.87 bits per heavy atom. The number of halogens is 3. The summed E-state index contributed by atoms with van der Waals surface area (Å²) in [6.45, 7) is 6.14. The molecule has 1 aliphatic heterocycles. The van der Waals surface area contributed by atoms with Gasteiger partial charge in [0.25, 0.3) is 5.91 Å². The lowest BCUT2D eigenvalue weighted by Gasteiger charge is -2.34. The van der Waals surface area contributed by atoms with E-state index in [1.807, 2.05) is 17.5 Å². The highest BCUT2D eigenvalue weighted by atomic mass is 19.4. The summed E-state index contributed by atoms with van der Waals surface area (Å²) in [6, 6.07) is 7.99. The predicted octanol–water partition coefficient (Wildman–Crippen LogP) is 5.61. The van der Waals surface area contributed by atoms with Crippen molar-refractivity contribution < 1.29 is 22.8 Å². The predicted molar refractivity (Wildman–Crippen MR) is 139 cm³/mol. The highest BCUT2D eigenvalue weighted by Gasteiger charge is 2.32. The van der Waals surface area contributed by atoms with E-state index >= 15 is 0 Å². The van der Waals surface area contributed by atoms with Crippen LogP contribution in [0.15, 0.2) is 67.6 Å². The molecular formula is C28H25F3N6O2. The highest BCUT2D eigenvalue weighted by molar-refractivity contribution is 6.04. The molecule has 1 atom stereocenters. The van der Waals surface area contributed by atoms with Gasteiger partial charge < -0.3 is 10.2 Å². The first-order chi connectivity index (χ1) is 18.7. The minimum atomic E-state index is -4.54. The number of aryl methyl sites for hydroxylation is 1. The molecule has 1 aliphatic rings. The lowest BCUT2D eigenvalue weighted by molar-refractivity contribution is -0.137. The van der Waals surface area contributed by atoms with E-state index < -0.39 is 17.6 Å². The average molecular weight is 535 g/mol. The minimum Gasteiger partial charge on any atom is -0.329 e. The molecular weight excluding hydrogens is 509 g/mol. The number of carbonyl (C=O) groups is 2. The summed E-state index contributed by atoms with van der Waals surface area (Å²) in [4.78, 5) is 40.3. The van der Waals surface area contributed by atoms with Crippen LogP contribution in [0.25, 0.3) is 16.8 Å². The molecule has 1 N–H and O–H groups in total. The number of fused-ring (bicyclic) bond motifs is 1. The molecule has 39 heavy (non-hydrogen) atoms. The molecule has 0 spiro atoms. The van der Waals surface area contributed by atoms with Crippen LogP contribution in [0, 0.1) is 6.92 Å². The first-order valence-corrected chi connectivity index (χ1v) is 12.4. The smallest absolute Gasteiger partial charge is 0.329 e. The monoisotopic (exact) mass is 534 g/mol. The molecule has 5 rings (SSSR count). The third-order valence-corrected chi connectivity index (χ3v) is 6.77. The SMILES string of the molecule is C=CC(=O)N1CCCCC1c1nc(-c2ccc(C(=O)Nc3cc(C(F)(F)F)ccn3)cc2)c2c(C)nccn12. The molecule has 1 saturated heterocycles. The van der Waals surface area contributed by atoms with Gasteiger partial charge in [-0.05, 0) is 56.5 Å². The molecule has 4 heterocycles. The molecule has 11 heteroatoms. The van der Waals surface area contributed by atoms with Crippen molar-refractivity contribution >= 4 is 23.1 Å². The van der Waals surface area contributed by atoms with Gasteiger partial charge in [0.2, 0.25) is 5.91 Å². The Hall–Kier alpha value is -4.54. The van der Waals surface area contributed by atoms with Crippen LogP contribution in [0.3, 0.4) is 0 Å². The first-order valence-electron chi connectivity index (χ1n) is 12.4. The number of rotatable bonds is 5. The summed E-state index contributed by atoms with van der Waals surface area (Å²) in [5.74, 6) is -0.217. The van der Waals surface area contributed by atoms with E-state index in [0.29, 0.717) is 12.2 Å². The Balaban J connectivity index is 1.47. The fraction of sp³-hybridized carbons (Fsp3) is 0.250. The van der Waals surface area contributed by atoms with Crippen LogP contribution in [0.4, 0.5) is 19.0 Å². The summed E-state index contributed by atoms with van der Waals surface area (Å²) in [7, 11) is 0. The third kappa shape index (κ3) is 5.12. The fourth-order valence-electron chi connectivity index (χ4n) is 4.88. The van der Waals surface area contributed by atoms with Crippen molar-refractivity contribution in [3.05, 3.63) is 90.3 Å². The van der Waals surface area contributed by atoms with E-state index in [-0.39, 0.29) is 23.3 Å². The van der Waals surface area contributed by atoms with E-state index in [1.165, 1.54) is 6.08 Å². The van der Waals surface area contributed by atoms with Crippen LogP contribution >= 0.6 is 0 Å². The van der Waals surface area contributed by atoms with Crippen LogP contribution in [0.5, 0.6) is 0 Å². The molecule has 0 bridgehead atoms. The van der Waals surface area contributed by atoms with Crippen LogP contribution in [-0.4, -0.2) is 42.6 Å². The van der Waals surface area contributed by atoms with Crippen molar-refractivity contribution in [3.63, 3.8) is 0 Å². The standard InChI is InChI=1S/C28H25F3N6O2/c1-3-23(38)36-14-5-4-6-21(36)26-35-24(25-17(2)32-13-15-37(25)26)18-7-9-19(10-8-18)27(39)34-22-16-20(11-12-33-22)28(29,30)31/h3,7-13,15-16,21H,1,4-6,14H2,2H3,(H,33,34,39). The molecule has 200 valence electrons. The summed E-state index contributed by atoms with van der Waals surface area (Å²) in [5.41, 5.74) is 2.25. The number of alkyl halides is 3. The van der Waals surface area contributed by atoms with Crippen molar-refractivity contribution in [2.24, 2.45) is 0 Å². The lowest BCUT2D eigenvalue weighted by atomic mass is 10.0. The number of nitrogens with one attached hydrogen (secondary N) is 1. The van der Waals surface area contributed by atoms with E-state index in [9.17, 15) is 22.8 Å². The highest BCUT2D eigenvalue weighted by Crippen LogP contribution is 2.35. The number of benzene rings is 1. The number of hydrogen-bond acceptors (Lipinski definition) is 5. The summed E-state index contributed by atoms with van der Waals surface area (Å²) in [5, 5.41) is 2.41. The number of likely N-dealkylation sites (tertiary alicyclic amines) is 1. The number of carbonyl (C=O) groups excluding carboxylic acids is 2. The Morgan fingerprint density at radius 1 is 1.10 bits per heavy atom. The van der Waals surface area contributed by atoms with E-state index in [4.69, 9.17) is 4.98 Å². The minimum absolute atomic E-state index is 0.144. The lowest BCUT2D eigenvalue weighted by Crippen LogP contribution is -2.38. The zero-order valence-electron chi connectivity index (χ0n) is 21.1. The van der Waals surface area contributed by atoms with E-state index in [1.54, 1.807) is 35.4 Å². The summed E-state index contributed by atoms with van der Waals surface area (Å²) < 4.78 is 40.9. The van der Waals surface area contributed by atoms with Crippen molar-refractivity contribution in [1.82, 2.24) is 24.3 Å². The van der Waals surface area contributed by atoms with Gasteiger partial charge in [0.05, 0.1) is 28.5 Å². The normalized spacial score (nSPS) is 15.8. The number of aromatic nitrogens is 4. The first kappa shape index (κ1) is 26.1. The second kappa shape index (κ2) is 10.3. The fourth-order valence-corrected chi connectivity index (χ4v) is 4.88. The van der Waals surface area contributed by atoms with Gasteiger partial charge in [-0.25, -0.2) is 9.97 Å². The van der Waals surface area contributed by atoms with Crippen molar-refractivity contribution in [2.45, 2.75) is 38.4 Å². The van der Waals surface area contributed by atoms with Gasteiger partial charge in [-0.3, -0.25) is 19.0 Å². The number of imidazole rings is 1. The van der Waals surface area contributed by atoms with Gasteiger partial charge in [-0.2, -0.15) is 13.2 Å². The Bertz CT molecular complexity index is 1560. The van der Waals surface area contributed by atoms with Gasteiger partial charge in [-0.15, -0.1) is 0 Å². The average Bonchev–Trinajstić information content (AvgIpc) is 3.33. The second-order valence-corrected chi connectivity index (χ2v) is 9.26. The summed E-state index contributed by atoms with van der Waals surface area (Å²) >= 11 is 0. The van der Waals surface area contributed by atoms with Gasteiger partial charge in [0, 0.05) is 36.3 Å². The molecule has 0 aliphatic carbocycles. The number of amides is 2. The van der Waals surface area contributed by atoms with Crippen LogP contribution < -0.4 is 5.32 Å². The molecule has 0 radical (unpaired) electrons. The van der Waals surface area contributed by atoms with Crippen LogP contribution in [0.1, 0.15) is 52.7 Å². The van der Waals surface area contributed by atoms with Gasteiger partial charge in [0.15, 0.2) is 0 Å². The summed E-state index contributed by atoms with van der Waals surface area (Å²) in [6.07, 6.45) is 3.92. The zero-order valence-corrected chi connectivity index (χ0v) is 21.1. The van der Waals surface area contributed by atoms with E-state index in [2.05, 4.69) is 21.9 Å². The molecule has 8 nitrogen and oxygen atoms in total. The molecule has 2 amide bonds. The van der Waals surface area contributed by atoms with Crippen molar-refractivity contribution in [3.8, 4) is 11.3 Å². The molecule has 1 fully saturated rings. The largest absolute Gasteiger partial charge is 0.416 e. The molecule has 4 aromatic rings. The molecule has 1 unspecified atom stereocenters. The second-order valence-electron chi connectivity index (χ2n) is 9.26. The maximum absolute atomic E-state index is 13.0. The Kier molecular flexibility index (Phi) is 6.90. The quantitative estimate of drug-likeness (QED) is 0.336. The van der Waals surface area contributed by atoms with Crippen molar-refractivity contribution in [2.75, 3.05) is 11.9 Å². The third-order valence-electron chi connectivity index (χ3n) is 6.77. The number of pyridine rings is 1. The number of piperidine rings is 1. The molecule has 3 aromatic heterocycles. The molecule has 1 aromatic carbocycles. The number of nitrogens with zero attached hydrogens (tertiary/aromatic N) is 5. The Morgan fingerprint density at radius 3 is 2.59 bits per heavy atom. The zero-order chi connectivity index (χ0) is 27.7.